The number of hydrogen-bond acceptors (Lipinski definition) is 1. The van der Waals surface area contributed by atoms with Crippen molar-refractivity contribution in [3.8, 4) is 0 Å². The minimum absolute atomic E-state index is 0.570. The first-order chi connectivity index (χ1) is 9.69. The molecular weight excluding hydrogens is 266 g/mol. The Kier molecular flexibility index (Phi) is 8.97. The van der Waals surface area contributed by atoms with Crippen LogP contribution in [0.5, 0.6) is 0 Å². The number of rotatable bonds is 10. The summed E-state index contributed by atoms with van der Waals surface area (Å²) in [4.78, 5) is 0. The van der Waals surface area contributed by atoms with E-state index in [1.165, 1.54) is 37.7 Å². The molecule has 2 heteroatoms. The van der Waals surface area contributed by atoms with Crippen LogP contribution in [0.3, 0.4) is 0 Å². The predicted octanol–water partition coefficient (Wildman–Crippen LogP) is 5.47. The first kappa shape index (κ1) is 17.5. The van der Waals surface area contributed by atoms with E-state index in [0.29, 0.717) is 6.04 Å². The summed E-state index contributed by atoms with van der Waals surface area (Å²) in [6, 6.07) is 8.85. The van der Waals surface area contributed by atoms with Crippen LogP contribution in [0, 0.1) is 5.92 Å². The zero-order chi connectivity index (χ0) is 14.8. The minimum atomic E-state index is 0.570. The van der Waals surface area contributed by atoms with Crippen LogP contribution < -0.4 is 5.32 Å². The Balaban J connectivity index is 2.58. The van der Waals surface area contributed by atoms with Crippen LogP contribution in [0.15, 0.2) is 24.3 Å². The third kappa shape index (κ3) is 6.76. The number of benzene rings is 1. The molecule has 1 nitrogen and oxygen atoms in total. The van der Waals surface area contributed by atoms with Gasteiger partial charge in [-0.25, -0.2) is 0 Å². The largest absolute Gasteiger partial charge is 0.314 e. The first-order valence-corrected chi connectivity index (χ1v) is 8.55. The highest BCUT2D eigenvalue weighted by molar-refractivity contribution is 6.30. The van der Waals surface area contributed by atoms with Gasteiger partial charge in [0.05, 0.1) is 0 Å². The van der Waals surface area contributed by atoms with E-state index >= 15 is 0 Å². The zero-order valence-electron chi connectivity index (χ0n) is 13.3. The molecule has 114 valence electrons. The molecule has 0 saturated heterocycles. The highest BCUT2D eigenvalue weighted by Gasteiger charge is 2.15. The minimum Gasteiger partial charge on any atom is -0.314 e. The van der Waals surface area contributed by atoms with Gasteiger partial charge in [0.2, 0.25) is 0 Å². The molecule has 0 aliphatic carbocycles. The summed E-state index contributed by atoms with van der Waals surface area (Å²) in [5.74, 6) is 0.846. The Morgan fingerprint density at radius 2 is 2.00 bits per heavy atom. The van der Waals surface area contributed by atoms with Gasteiger partial charge in [-0.2, -0.15) is 0 Å². The van der Waals surface area contributed by atoms with Gasteiger partial charge in [0.25, 0.3) is 0 Å². The summed E-state index contributed by atoms with van der Waals surface area (Å²) in [7, 11) is 0. The van der Waals surface area contributed by atoms with E-state index in [1.54, 1.807) is 0 Å². The zero-order valence-corrected chi connectivity index (χ0v) is 14.0. The van der Waals surface area contributed by atoms with Gasteiger partial charge >= 0.3 is 0 Å². The van der Waals surface area contributed by atoms with Crippen molar-refractivity contribution in [2.24, 2.45) is 5.92 Å². The Hall–Kier alpha value is -0.530. The van der Waals surface area contributed by atoms with Gasteiger partial charge in [-0.05, 0) is 43.0 Å². The van der Waals surface area contributed by atoms with Gasteiger partial charge in [0.1, 0.15) is 0 Å². The molecule has 20 heavy (non-hydrogen) atoms. The van der Waals surface area contributed by atoms with E-state index in [4.69, 9.17) is 11.6 Å². The van der Waals surface area contributed by atoms with Crippen LogP contribution >= 0.6 is 11.6 Å². The third-order valence-electron chi connectivity index (χ3n) is 4.03. The molecule has 0 spiro atoms. The summed E-state index contributed by atoms with van der Waals surface area (Å²) in [6.45, 7) is 7.83. The summed E-state index contributed by atoms with van der Waals surface area (Å²) in [5, 5.41) is 4.49. The molecule has 0 saturated carbocycles. The van der Waals surface area contributed by atoms with Crippen molar-refractivity contribution < 1.29 is 0 Å². The van der Waals surface area contributed by atoms with Crippen LogP contribution in [0.1, 0.15) is 58.4 Å². The molecule has 0 heterocycles. The summed E-state index contributed by atoms with van der Waals surface area (Å²) in [5.41, 5.74) is 1.34. The van der Waals surface area contributed by atoms with Crippen molar-refractivity contribution in [2.75, 3.05) is 6.54 Å². The fraction of sp³-hybridized carbons (Fsp3) is 0.667. The maximum Gasteiger partial charge on any atom is 0.0408 e. The fourth-order valence-electron chi connectivity index (χ4n) is 2.86. The van der Waals surface area contributed by atoms with Gasteiger partial charge in [-0.15, -0.1) is 0 Å². The number of unbranched alkanes of at least 4 members (excludes halogenated alkanes) is 1. The lowest BCUT2D eigenvalue weighted by molar-refractivity contribution is 0.350. The van der Waals surface area contributed by atoms with Crippen LogP contribution in [0.4, 0.5) is 0 Å². The van der Waals surface area contributed by atoms with Crippen molar-refractivity contribution in [1.82, 2.24) is 5.32 Å². The van der Waals surface area contributed by atoms with E-state index < -0.39 is 0 Å². The van der Waals surface area contributed by atoms with Gasteiger partial charge in [-0.3, -0.25) is 0 Å². The van der Waals surface area contributed by atoms with Crippen molar-refractivity contribution in [2.45, 2.75) is 65.3 Å². The van der Waals surface area contributed by atoms with Crippen LogP contribution in [0.25, 0.3) is 0 Å². The second-order valence-corrected chi connectivity index (χ2v) is 6.18. The smallest absolute Gasteiger partial charge is 0.0408 e. The highest BCUT2D eigenvalue weighted by Crippen LogP contribution is 2.21. The standard InChI is InChI=1S/C18H30ClN/c1-4-7-9-15(5-2)13-18(20-6-3)14-16-10-8-11-17(19)12-16/h8,10-12,15,18,20H,4-7,9,13-14H2,1-3H3. The second kappa shape index (κ2) is 10.2. The maximum atomic E-state index is 6.09. The Morgan fingerprint density at radius 1 is 1.20 bits per heavy atom. The molecule has 0 fully saturated rings. The number of likely N-dealkylation sites (N-methyl/N-ethyl adjacent to an activating group) is 1. The third-order valence-corrected chi connectivity index (χ3v) is 4.26. The van der Waals surface area contributed by atoms with E-state index in [-0.39, 0.29) is 0 Å². The molecule has 0 aliphatic heterocycles. The number of halogens is 1. The summed E-state index contributed by atoms with van der Waals surface area (Å²) < 4.78 is 0. The van der Waals surface area contributed by atoms with Crippen LogP contribution in [0.2, 0.25) is 5.02 Å². The monoisotopic (exact) mass is 295 g/mol. The average Bonchev–Trinajstić information content (AvgIpc) is 2.43. The molecule has 0 amide bonds. The second-order valence-electron chi connectivity index (χ2n) is 5.74. The fourth-order valence-corrected chi connectivity index (χ4v) is 3.07. The molecule has 1 aromatic rings. The molecule has 0 aromatic heterocycles. The summed E-state index contributed by atoms with van der Waals surface area (Å²) >= 11 is 6.09. The lowest BCUT2D eigenvalue weighted by Crippen LogP contribution is -2.33. The predicted molar refractivity (Wildman–Crippen MR) is 90.5 cm³/mol. The van der Waals surface area contributed by atoms with E-state index in [1.807, 2.05) is 6.07 Å². The number of nitrogens with one attached hydrogen (secondary N) is 1. The van der Waals surface area contributed by atoms with Crippen molar-refractivity contribution in [1.29, 1.82) is 0 Å². The molecule has 0 radical (unpaired) electrons. The molecule has 2 atom stereocenters. The SMILES string of the molecule is CCCCC(CC)CC(Cc1cccc(Cl)c1)NCC. The van der Waals surface area contributed by atoms with Crippen LogP contribution in [-0.4, -0.2) is 12.6 Å². The lowest BCUT2D eigenvalue weighted by Gasteiger charge is -2.24. The quantitative estimate of drug-likeness (QED) is 0.604. The molecule has 0 bridgehead atoms. The normalized spacial score (nSPS) is 14.2. The van der Waals surface area contributed by atoms with Gasteiger partial charge in [0.15, 0.2) is 0 Å². The Morgan fingerprint density at radius 3 is 2.60 bits per heavy atom. The van der Waals surface area contributed by atoms with Crippen LogP contribution in [-0.2, 0) is 6.42 Å². The lowest BCUT2D eigenvalue weighted by atomic mass is 9.89. The molecule has 2 unspecified atom stereocenters. The van der Waals surface area contributed by atoms with Crippen molar-refractivity contribution in [3.05, 3.63) is 34.9 Å². The number of hydrogen-bond donors (Lipinski definition) is 1. The van der Waals surface area contributed by atoms with E-state index in [2.05, 4.69) is 44.3 Å². The van der Waals surface area contributed by atoms with Gasteiger partial charge in [0, 0.05) is 11.1 Å². The van der Waals surface area contributed by atoms with Gasteiger partial charge < -0.3 is 5.32 Å². The molecule has 0 aliphatic rings. The van der Waals surface area contributed by atoms with E-state index in [9.17, 15) is 0 Å². The molecule has 1 N–H and O–H groups in total. The Labute approximate surface area is 130 Å². The average molecular weight is 296 g/mol. The maximum absolute atomic E-state index is 6.09. The highest BCUT2D eigenvalue weighted by atomic mass is 35.5. The van der Waals surface area contributed by atoms with Crippen molar-refractivity contribution >= 4 is 11.6 Å². The Bertz CT molecular complexity index is 364. The summed E-state index contributed by atoms with van der Waals surface area (Å²) in [6.07, 6.45) is 7.67. The molecular formula is C18H30ClN. The molecule has 1 aromatic carbocycles. The topological polar surface area (TPSA) is 12.0 Å². The van der Waals surface area contributed by atoms with Gasteiger partial charge in [-0.1, -0.05) is 70.2 Å². The first-order valence-electron chi connectivity index (χ1n) is 8.17. The van der Waals surface area contributed by atoms with E-state index in [0.717, 1.165) is 23.9 Å². The molecule has 1 rings (SSSR count). The van der Waals surface area contributed by atoms with Crippen molar-refractivity contribution in [3.63, 3.8) is 0 Å².